The van der Waals surface area contributed by atoms with Gasteiger partial charge in [-0.15, -0.1) is 0 Å². The Balaban J connectivity index is 2.05. The van der Waals surface area contributed by atoms with E-state index in [-0.39, 0.29) is 24.2 Å². The van der Waals surface area contributed by atoms with Crippen molar-refractivity contribution in [1.82, 2.24) is 14.5 Å². The fraction of sp³-hybridized carbons (Fsp3) is 0.455. The number of halogens is 1. The molecule has 0 amide bonds. The van der Waals surface area contributed by atoms with E-state index in [4.69, 9.17) is 15.6 Å². The fourth-order valence-electron chi connectivity index (χ4n) is 2.33. The van der Waals surface area contributed by atoms with Gasteiger partial charge in [0.1, 0.15) is 24.5 Å². The summed E-state index contributed by atoms with van der Waals surface area (Å²) in [4.78, 5) is 7.73. The Morgan fingerprint density at radius 2 is 2.32 bits per heavy atom. The van der Waals surface area contributed by atoms with Gasteiger partial charge in [-0.05, 0) is 0 Å². The number of aromatic nitrogens is 3. The lowest BCUT2D eigenvalue weighted by molar-refractivity contribution is -0.0431. The molecule has 1 aliphatic heterocycles. The third kappa shape index (κ3) is 1.84. The second-order valence-electron chi connectivity index (χ2n) is 4.46. The average molecular weight is 268 g/mol. The largest absolute Gasteiger partial charge is 0.394 e. The van der Waals surface area contributed by atoms with E-state index >= 15 is 0 Å². The fourth-order valence-corrected chi connectivity index (χ4v) is 2.33. The monoisotopic (exact) mass is 268 g/mol. The molecule has 3 atom stereocenters. The number of nitrogens with zero attached hydrogens (tertiary/aromatic N) is 3. The van der Waals surface area contributed by atoms with E-state index in [0.717, 1.165) is 0 Å². The lowest BCUT2D eigenvalue weighted by Gasteiger charge is -2.14. The van der Waals surface area contributed by atoms with Crippen LogP contribution in [0, 0.1) is 5.82 Å². The molecule has 19 heavy (non-hydrogen) atoms. The van der Waals surface area contributed by atoms with Crippen LogP contribution in [0.2, 0.25) is 0 Å². The molecule has 2 aromatic heterocycles. The van der Waals surface area contributed by atoms with Crippen LogP contribution in [0.25, 0.3) is 11.0 Å². The van der Waals surface area contributed by atoms with Crippen LogP contribution in [0.5, 0.6) is 0 Å². The summed E-state index contributed by atoms with van der Waals surface area (Å²) >= 11 is 0. The van der Waals surface area contributed by atoms with E-state index in [0.29, 0.717) is 5.65 Å². The summed E-state index contributed by atoms with van der Waals surface area (Å²) in [6.45, 7) is -0.295. The summed E-state index contributed by atoms with van der Waals surface area (Å²) < 4.78 is 20.8. The van der Waals surface area contributed by atoms with E-state index in [1.807, 2.05) is 0 Å². The van der Waals surface area contributed by atoms with Crippen LogP contribution in [0.3, 0.4) is 0 Å². The van der Waals surface area contributed by atoms with Gasteiger partial charge in [0.05, 0.1) is 18.1 Å². The summed E-state index contributed by atoms with van der Waals surface area (Å²) in [5, 5.41) is 18.9. The molecule has 1 aliphatic rings. The maximum atomic E-state index is 13.8. The zero-order valence-electron chi connectivity index (χ0n) is 9.90. The zero-order chi connectivity index (χ0) is 13.6. The minimum Gasteiger partial charge on any atom is -0.394 e. The summed E-state index contributed by atoms with van der Waals surface area (Å²) in [7, 11) is 0. The van der Waals surface area contributed by atoms with Gasteiger partial charge in [-0.1, -0.05) is 0 Å². The Morgan fingerprint density at radius 1 is 1.53 bits per heavy atom. The summed E-state index contributed by atoms with van der Waals surface area (Å²) in [6, 6.07) is 0. The van der Waals surface area contributed by atoms with Gasteiger partial charge in [-0.2, -0.15) is 0 Å². The Morgan fingerprint density at radius 3 is 3.00 bits per heavy atom. The molecule has 8 heteroatoms. The number of fused-ring (bicyclic) bond motifs is 1. The first kappa shape index (κ1) is 12.3. The lowest BCUT2D eigenvalue weighted by atomic mass is 10.2. The predicted molar refractivity (Wildman–Crippen MR) is 63.5 cm³/mol. The molecule has 4 N–H and O–H groups in total. The number of aliphatic hydroxyl groups excluding tert-OH is 2. The van der Waals surface area contributed by atoms with Crippen LogP contribution >= 0.6 is 0 Å². The average Bonchev–Trinajstić information content (AvgIpc) is 2.91. The third-order valence-corrected chi connectivity index (χ3v) is 3.29. The number of nitrogen functional groups attached to an aromatic ring is 1. The summed E-state index contributed by atoms with van der Waals surface area (Å²) in [5.41, 5.74) is 5.92. The van der Waals surface area contributed by atoms with E-state index in [9.17, 15) is 9.50 Å². The molecule has 0 aromatic carbocycles. The van der Waals surface area contributed by atoms with E-state index in [1.165, 1.54) is 17.1 Å². The summed E-state index contributed by atoms with van der Waals surface area (Å²) in [5.74, 6) is -0.489. The first-order chi connectivity index (χ1) is 9.11. The SMILES string of the molecule is Nc1ncnc2c1c(F)cn2[C@H]1C[C@@H](O)[C@@H](CO)O1. The highest BCUT2D eigenvalue weighted by Gasteiger charge is 2.35. The normalized spacial score (nSPS) is 27.2. The highest BCUT2D eigenvalue weighted by Crippen LogP contribution is 2.33. The maximum Gasteiger partial charge on any atom is 0.154 e. The molecular formula is C11H13FN4O3. The first-order valence-corrected chi connectivity index (χ1v) is 5.82. The van der Waals surface area contributed by atoms with Crippen LogP contribution in [-0.4, -0.2) is 43.6 Å². The standard InChI is InChI=1S/C11H13FN4O3/c12-5-2-16(8-1-6(18)7(3-17)19-8)11-9(5)10(13)14-4-15-11/h2,4,6-8,17-18H,1,3H2,(H2,13,14,15)/t6-,7-,8-/m1/s1. The quantitative estimate of drug-likeness (QED) is 0.696. The van der Waals surface area contributed by atoms with Gasteiger partial charge >= 0.3 is 0 Å². The molecule has 0 spiro atoms. The molecule has 3 heterocycles. The molecule has 1 fully saturated rings. The van der Waals surface area contributed by atoms with Gasteiger partial charge in [-0.25, -0.2) is 14.4 Å². The van der Waals surface area contributed by atoms with Crippen molar-refractivity contribution in [3.63, 3.8) is 0 Å². The van der Waals surface area contributed by atoms with Crippen molar-refractivity contribution in [2.45, 2.75) is 24.9 Å². The van der Waals surface area contributed by atoms with Crippen molar-refractivity contribution < 1.29 is 19.3 Å². The highest BCUT2D eigenvalue weighted by molar-refractivity contribution is 5.86. The van der Waals surface area contributed by atoms with E-state index in [1.54, 1.807) is 0 Å². The van der Waals surface area contributed by atoms with Gasteiger partial charge in [0, 0.05) is 12.6 Å². The van der Waals surface area contributed by atoms with Crippen molar-refractivity contribution in [1.29, 1.82) is 0 Å². The van der Waals surface area contributed by atoms with Crippen molar-refractivity contribution in [3.05, 3.63) is 18.3 Å². The molecule has 3 rings (SSSR count). The van der Waals surface area contributed by atoms with Gasteiger partial charge < -0.3 is 25.3 Å². The molecule has 102 valence electrons. The predicted octanol–water partition coefficient (Wildman–Crippen LogP) is -0.207. The van der Waals surface area contributed by atoms with Gasteiger partial charge in [0.15, 0.2) is 11.5 Å². The molecule has 0 saturated carbocycles. The van der Waals surface area contributed by atoms with Crippen molar-refractivity contribution in [2.24, 2.45) is 0 Å². The van der Waals surface area contributed by atoms with Crippen LogP contribution in [0.15, 0.2) is 12.5 Å². The molecular weight excluding hydrogens is 255 g/mol. The van der Waals surface area contributed by atoms with Crippen molar-refractivity contribution >= 4 is 16.9 Å². The molecule has 0 aliphatic carbocycles. The Bertz CT molecular complexity index is 617. The van der Waals surface area contributed by atoms with E-state index in [2.05, 4.69) is 9.97 Å². The second kappa shape index (κ2) is 4.41. The number of hydrogen-bond donors (Lipinski definition) is 3. The molecule has 1 saturated heterocycles. The highest BCUT2D eigenvalue weighted by atomic mass is 19.1. The molecule has 0 bridgehead atoms. The van der Waals surface area contributed by atoms with Crippen molar-refractivity contribution in [3.8, 4) is 0 Å². The number of ether oxygens (including phenoxy) is 1. The zero-order valence-corrected chi connectivity index (χ0v) is 9.90. The third-order valence-electron chi connectivity index (χ3n) is 3.29. The Kier molecular flexibility index (Phi) is 2.85. The summed E-state index contributed by atoms with van der Waals surface area (Å²) in [6.07, 6.45) is 0.640. The van der Waals surface area contributed by atoms with Crippen LogP contribution in [-0.2, 0) is 4.74 Å². The smallest absolute Gasteiger partial charge is 0.154 e. The van der Waals surface area contributed by atoms with Crippen LogP contribution in [0.1, 0.15) is 12.6 Å². The van der Waals surface area contributed by atoms with Crippen molar-refractivity contribution in [2.75, 3.05) is 12.3 Å². The minimum atomic E-state index is -0.797. The van der Waals surface area contributed by atoms with E-state index < -0.39 is 24.3 Å². The van der Waals surface area contributed by atoms with Gasteiger partial charge in [0.2, 0.25) is 0 Å². The number of anilines is 1. The number of aliphatic hydroxyl groups is 2. The van der Waals surface area contributed by atoms with Gasteiger partial charge in [-0.3, -0.25) is 0 Å². The Labute approximate surface area is 107 Å². The molecule has 2 aromatic rings. The molecule has 7 nitrogen and oxygen atoms in total. The molecule has 0 unspecified atom stereocenters. The number of nitrogens with two attached hydrogens (primary N) is 1. The Hall–Kier alpha value is -1.77. The lowest BCUT2D eigenvalue weighted by Crippen LogP contribution is -2.24. The van der Waals surface area contributed by atoms with Crippen LogP contribution < -0.4 is 5.73 Å². The number of hydrogen-bond acceptors (Lipinski definition) is 6. The maximum absolute atomic E-state index is 13.8. The topological polar surface area (TPSA) is 106 Å². The van der Waals surface area contributed by atoms with Gasteiger partial charge in [0.25, 0.3) is 0 Å². The van der Waals surface area contributed by atoms with Crippen LogP contribution in [0.4, 0.5) is 10.2 Å². The second-order valence-corrected chi connectivity index (χ2v) is 4.46. The number of rotatable bonds is 2. The minimum absolute atomic E-state index is 0.0542. The molecule has 0 radical (unpaired) electrons. The first-order valence-electron chi connectivity index (χ1n) is 5.82.